The van der Waals surface area contributed by atoms with Crippen LogP contribution in [0.2, 0.25) is 0 Å². The van der Waals surface area contributed by atoms with Crippen LogP contribution in [0.25, 0.3) is 0 Å². The van der Waals surface area contributed by atoms with Crippen molar-refractivity contribution in [1.29, 1.82) is 0 Å². The van der Waals surface area contributed by atoms with E-state index in [0.29, 0.717) is 18.3 Å². The number of carbonyl (C=O) groups excluding carboxylic acids is 2. The largest absolute Gasteiger partial charge is 0.450 e. The molecular weight excluding hydrogens is 349 g/mol. The van der Waals surface area contributed by atoms with Crippen molar-refractivity contribution in [3.63, 3.8) is 0 Å². The van der Waals surface area contributed by atoms with E-state index in [1.807, 2.05) is 0 Å². The van der Waals surface area contributed by atoms with Gasteiger partial charge in [-0.1, -0.05) is 6.07 Å². The summed E-state index contributed by atoms with van der Waals surface area (Å²) in [6, 6.07) is 5.16. The second-order valence-corrected chi connectivity index (χ2v) is 7.80. The molecule has 1 saturated heterocycles. The number of halogens is 1. The Morgan fingerprint density at radius 2 is 2.15 bits per heavy atom. The Morgan fingerprint density at radius 3 is 2.89 bits per heavy atom. The highest BCUT2D eigenvalue weighted by molar-refractivity contribution is 6.06. The fraction of sp³-hybridized carbons (Fsp3) is 0.600. The number of nitrogens with zero attached hydrogens (tertiary/aromatic N) is 1. The number of anilines is 1. The molecule has 0 radical (unpaired) electrons. The quantitative estimate of drug-likeness (QED) is 0.852. The molecule has 0 unspecified atom stereocenters. The molecule has 2 amide bonds. The van der Waals surface area contributed by atoms with Crippen LogP contribution in [0.3, 0.4) is 0 Å². The van der Waals surface area contributed by atoms with E-state index in [0.717, 1.165) is 50.8 Å². The molecule has 6 nitrogen and oxygen atoms in total. The smallest absolute Gasteiger partial charge is 0.407 e. The first-order valence-electron chi connectivity index (χ1n) is 9.80. The standard InChI is InChI=1S/C20H26FN3O3/c1-2-27-19(26)22-14-7-10-24(12-14)15-5-8-20(9-6-15)16-4-3-13(21)11-17(16)23-18(20)25/h3-4,11,14-15H,2,5-10,12H2,1H3,(H,22,26)(H,23,25)/t14-,15?,20?/m0/s1. The molecule has 3 aliphatic rings. The third-order valence-corrected chi connectivity index (χ3v) is 6.32. The predicted octanol–water partition coefficient (Wildman–Crippen LogP) is 2.78. The first-order chi connectivity index (χ1) is 13.0. The lowest BCUT2D eigenvalue weighted by Gasteiger charge is -2.39. The van der Waals surface area contributed by atoms with Gasteiger partial charge >= 0.3 is 6.09 Å². The summed E-state index contributed by atoms with van der Waals surface area (Å²) in [5, 5.41) is 5.79. The number of amides is 2. The van der Waals surface area contributed by atoms with E-state index in [2.05, 4.69) is 15.5 Å². The van der Waals surface area contributed by atoms with E-state index in [1.54, 1.807) is 13.0 Å². The topological polar surface area (TPSA) is 70.7 Å². The maximum absolute atomic E-state index is 13.5. The van der Waals surface area contributed by atoms with Crippen LogP contribution in [-0.2, 0) is 14.9 Å². The maximum Gasteiger partial charge on any atom is 0.407 e. The van der Waals surface area contributed by atoms with Crippen LogP contribution in [0, 0.1) is 5.82 Å². The molecule has 7 heteroatoms. The summed E-state index contributed by atoms with van der Waals surface area (Å²) >= 11 is 0. The number of ether oxygens (including phenoxy) is 1. The molecule has 146 valence electrons. The Bertz CT molecular complexity index is 746. The summed E-state index contributed by atoms with van der Waals surface area (Å²) in [6.07, 6.45) is 3.97. The van der Waals surface area contributed by atoms with Gasteiger partial charge in [0.1, 0.15) is 5.82 Å². The number of benzene rings is 1. The number of likely N-dealkylation sites (tertiary alicyclic amines) is 1. The molecule has 1 aromatic carbocycles. The molecule has 1 spiro atoms. The van der Waals surface area contributed by atoms with Gasteiger partial charge in [-0.2, -0.15) is 0 Å². The van der Waals surface area contributed by atoms with Crippen molar-refractivity contribution in [2.75, 3.05) is 25.0 Å². The van der Waals surface area contributed by atoms with Crippen molar-refractivity contribution in [2.24, 2.45) is 0 Å². The monoisotopic (exact) mass is 375 g/mol. The average molecular weight is 375 g/mol. The lowest BCUT2D eigenvalue weighted by molar-refractivity contribution is -0.122. The SMILES string of the molecule is CCOC(=O)N[C@H]1CCN(C2CCC3(CC2)C(=O)Nc2cc(F)ccc23)C1. The van der Waals surface area contributed by atoms with Crippen molar-refractivity contribution in [2.45, 2.75) is 56.5 Å². The molecule has 1 aliphatic carbocycles. The zero-order chi connectivity index (χ0) is 19.0. The van der Waals surface area contributed by atoms with Crippen LogP contribution >= 0.6 is 0 Å². The van der Waals surface area contributed by atoms with Gasteiger partial charge in [0.15, 0.2) is 0 Å². The molecule has 2 heterocycles. The fourth-order valence-corrected chi connectivity index (χ4v) is 4.93. The predicted molar refractivity (Wildman–Crippen MR) is 99.1 cm³/mol. The molecule has 2 aliphatic heterocycles. The maximum atomic E-state index is 13.5. The molecule has 1 atom stereocenters. The zero-order valence-electron chi connectivity index (χ0n) is 15.6. The number of hydrogen-bond donors (Lipinski definition) is 2. The highest BCUT2D eigenvalue weighted by atomic mass is 19.1. The second-order valence-electron chi connectivity index (χ2n) is 7.80. The molecule has 2 N–H and O–H groups in total. The molecule has 1 aromatic rings. The van der Waals surface area contributed by atoms with E-state index < -0.39 is 5.41 Å². The number of nitrogens with one attached hydrogen (secondary N) is 2. The van der Waals surface area contributed by atoms with Gasteiger partial charge in [-0.25, -0.2) is 9.18 Å². The van der Waals surface area contributed by atoms with Crippen molar-refractivity contribution >= 4 is 17.7 Å². The van der Waals surface area contributed by atoms with Gasteiger partial charge in [0, 0.05) is 30.9 Å². The summed E-state index contributed by atoms with van der Waals surface area (Å²) in [5.41, 5.74) is 1.05. The normalized spacial score (nSPS) is 30.2. The molecule has 2 fully saturated rings. The van der Waals surface area contributed by atoms with Gasteiger partial charge in [-0.15, -0.1) is 0 Å². The number of rotatable bonds is 3. The Labute approximate surface area is 158 Å². The first-order valence-corrected chi connectivity index (χ1v) is 9.80. The highest BCUT2D eigenvalue weighted by Gasteiger charge is 2.49. The average Bonchev–Trinajstić information content (AvgIpc) is 3.19. The van der Waals surface area contributed by atoms with Gasteiger partial charge < -0.3 is 15.4 Å². The Balaban J connectivity index is 1.38. The number of hydrogen-bond acceptors (Lipinski definition) is 4. The summed E-state index contributed by atoms with van der Waals surface area (Å²) < 4.78 is 18.5. The zero-order valence-corrected chi connectivity index (χ0v) is 15.6. The Kier molecular flexibility index (Phi) is 4.80. The van der Waals surface area contributed by atoms with E-state index in [-0.39, 0.29) is 23.9 Å². The van der Waals surface area contributed by atoms with Crippen molar-refractivity contribution in [3.05, 3.63) is 29.6 Å². The summed E-state index contributed by atoms with van der Waals surface area (Å²) in [5.74, 6) is -0.318. The summed E-state index contributed by atoms with van der Waals surface area (Å²) in [4.78, 5) is 26.7. The lowest BCUT2D eigenvalue weighted by atomic mass is 9.68. The van der Waals surface area contributed by atoms with E-state index in [1.165, 1.54) is 12.1 Å². The van der Waals surface area contributed by atoms with Crippen molar-refractivity contribution < 1.29 is 18.7 Å². The third-order valence-electron chi connectivity index (χ3n) is 6.32. The van der Waals surface area contributed by atoms with Gasteiger partial charge in [0.25, 0.3) is 0 Å². The van der Waals surface area contributed by atoms with Crippen LogP contribution in [0.5, 0.6) is 0 Å². The van der Waals surface area contributed by atoms with Crippen LogP contribution in [-0.4, -0.2) is 48.7 Å². The van der Waals surface area contributed by atoms with Crippen LogP contribution < -0.4 is 10.6 Å². The first kappa shape index (κ1) is 18.2. The van der Waals surface area contributed by atoms with Gasteiger partial charge in [-0.3, -0.25) is 9.69 Å². The Morgan fingerprint density at radius 1 is 1.37 bits per heavy atom. The lowest BCUT2D eigenvalue weighted by Crippen LogP contribution is -2.45. The minimum atomic E-state index is -0.512. The Hall–Kier alpha value is -2.15. The molecule has 27 heavy (non-hydrogen) atoms. The number of fused-ring (bicyclic) bond motifs is 2. The molecular formula is C20H26FN3O3. The van der Waals surface area contributed by atoms with E-state index >= 15 is 0 Å². The number of carbonyl (C=O) groups is 2. The number of alkyl carbamates (subject to hydrolysis) is 1. The molecule has 1 saturated carbocycles. The van der Waals surface area contributed by atoms with Crippen LogP contribution in [0.4, 0.5) is 14.9 Å². The van der Waals surface area contributed by atoms with E-state index in [9.17, 15) is 14.0 Å². The van der Waals surface area contributed by atoms with Gasteiger partial charge in [0.2, 0.25) is 5.91 Å². The fourth-order valence-electron chi connectivity index (χ4n) is 4.93. The van der Waals surface area contributed by atoms with Crippen molar-refractivity contribution in [1.82, 2.24) is 10.2 Å². The molecule has 0 aromatic heterocycles. The summed E-state index contributed by atoms with van der Waals surface area (Å²) in [6.45, 7) is 3.94. The molecule has 4 rings (SSSR count). The van der Waals surface area contributed by atoms with Gasteiger partial charge in [-0.05, 0) is 56.7 Å². The van der Waals surface area contributed by atoms with Crippen LogP contribution in [0.15, 0.2) is 18.2 Å². The van der Waals surface area contributed by atoms with E-state index in [4.69, 9.17) is 4.74 Å². The second kappa shape index (κ2) is 7.11. The van der Waals surface area contributed by atoms with Gasteiger partial charge in [0.05, 0.1) is 12.0 Å². The molecule has 0 bridgehead atoms. The third kappa shape index (κ3) is 3.29. The highest BCUT2D eigenvalue weighted by Crippen LogP contribution is 2.48. The minimum Gasteiger partial charge on any atom is -0.450 e. The van der Waals surface area contributed by atoms with Crippen molar-refractivity contribution in [3.8, 4) is 0 Å². The minimum absolute atomic E-state index is 0.00447. The van der Waals surface area contributed by atoms with Crippen LogP contribution in [0.1, 0.15) is 44.6 Å². The summed E-state index contributed by atoms with van der Waals surface area (Å²) in [7, 11) is 0.